The monoisotopic (exact) mass is 763 g/mol. The van der Waals surface area contributed by atoms with E-state index >= 15 is 0 Å². The van der Waals surface area contributed by atoms with Gasteiger partial charge in [-0.3, -0.25) is 14.4 Å². The summed E-state index contributed by atoms with van der Waals surface area (Å²) < 4.78 is 17.7. The topological polar surface area (TPSA) is 222 Å². The minimum Gasteiger partial charge on any atom is -0.495 e. The van der Waals surface area contributed by atoms with Gasteiger partial charge in [0, 0.05) is 43.5 Å². The van der Waals surface area contributed by atoms with Crippen LogP contribution in [0.5, 0.6) is 17.5 Å². The molecule has 5 rings (SSSR count). The Morgan fingerprint density at radius 3 is 2.22 bits per heavy atom. The molecule has 0 saturated carbocycles. The van der Waals surface area contributed by atoms with Gasteiger partial charge in [-0.2, -0.15) is 4.98 Å². The Labute approximate surface area is 316 Å². The van der Waals surface area contributed by atoms with Gasteiger partial charge in [-0.25, -0.2) is 4.98 Å². The molecule has 0 saturated heterocycles. The number of ether oxygens (including phenoxy) is 3. The van der Waals surface area contributed by atoms with Crippen molar-refractivity contribution in [1.29, 1.82) is 0 Å². The molecule has 1 aliphatic carbocycles. The highest BCUT2D eigenvalue weighted by atomic mass is 35.5. The number of pyridine rings is 2. The lowest BCUT2D eigenvalue weighted by molar-refractivity contribution is -0.140. The largest absolute Gasteiger partial charge is 0.495 e. The van der Waals surface area contributed by atoms with Crippen molar-refractivity contribution in [1.82, 2.24) is 20.6 Å². The summed E-state index contributed by atoms with van der Waals surface area (Å²) in [5, 5.41) is 46.3. The van der Waals surface area contributed by atoms with Gasteiger partial charge in [0.15, 0.2) is 0 Å². The molecule has 0 unspecified atom stereocenters. The second-order valence-electron chi connectivity index (χ2n) is 12.6. The van der Waals surface area contributed by atoms with E-state index in [-0.39, 0.29) is 55.4 Å². The SMILES string of the molecule is COc1nc(O[C@H]2CCc3c(-c4cccc(C(=O)Nc5ccc(CNC[C@@H](O)CC(=O)O)cn5)c4OC)cccc32)c(Cl)cc1CNC[C@@H](O)CC(=O)O. The van der Waals surface area contributed by atoms with Crippen LogP contribution in [0.3, 0.4) is 0 Å². The molecule has 15 nitrogen and oxygen atoms in total. The van der Waals surface area contributed by atoms with Crippen molar-refractivity contribution in [2.45, 2.75) is 57.1 Å². The number of methoxy groups -OCH3 is 2. The third-order valence-electron chi connectivity index (χ3n) is 8.69. The molecule has 2 heterocycles. The van der Waals surface area contributed by atoms with Gasteiger partial charge in [0.25, 0.3) is 5.91 Å². The number of aliphatic hydroxyl groups is 2. The minimum absolute atomic E-state index is 0.0580. The van der Waals surface area contributed by atoms with Gasteiger partial charge >= 0.3 is 11.9 Å². The number of para-hydroxylation sites is 1. The highest BCUT2D eigenvalue weighted by Crippen LogP contribution is 2.44. The van der Waals surface area contributed by atoms with E-state index < -0.39 is 30.1 Å². The number of carboxylic acids is 2. The number of nitrogens with one attached hydrogen (secondary N) is 3. The second kappa shape index (κ2) is 18.6. The first-order valence-electron chi connectivity index (χ1n) is 17.1. The maximum Gasteiger partial charge on any atom is 0.306 e. The molecule has 1 aliphatic rings. The van der Waals surface area contributed by atoms with Crippen LogP contribution >= 0.6 is 11.6 Å². The maximum absolute atomic E-state index is 13.5. The third-order valence-corrected chi connectivity index (χ3v) is 8.96. The van der Waals surface area contributed by atoms with Crippen LogP contribution in [0.4, 0.5) is 5.82 Å². The molecule has 3 atom stereocenters. The number of hydrogen-bond donors (Lipinski definition) is 7. The summed E-state index contributed by atoms with van der Waals surface area (Å²) >= 11 is 6.61. The second-order valence-corrected chi connectivity index (χ2v) is 13.0. The first-order valence-corrected chi connectivity index (χ1v) is 17.5. The molecule has 0 radical (unpaired) electrons. The van der Waals surface area contributed by atoms with Crippen molar-refractivity contribution in [2.75, 3.05) is 32.6 Å². The van der Waals surface area contributed by atoms with E-state index in [1.165, 1.54) is 14.2 Å². The lowest BCUT2D eigenvalue weighted by Gasteiger charge is -2.19. The van der Waals surface area contributed by atoms with Gasteiger partial charge in [-0.05, 0) is 53.3 Å². The Morgan fingerprint density at radius 1 is 0.889 bits per heavy atom. The Morgan fingerprint density at radius 2 is 1.57 bits per heavy atom. The van der Waals surface area contributed by atoms with Crippen LogP contribution in [0, 0.1) is 0 Å². The van der Waals surface area contributed by atoms with E-state index in [2.05, 4.69) is 25.9 Å². The van der Waals surface area contributed by atoms with Crippen LogP contribution in [0.2, 0.25) is 5.02 Å². The van der Waals surface area contributed by atoms with E-state index in [9.17, 15) is 24.6 Å². The van der Waals surface area contributed by atoms with Crippen molar-refractivity contribution in [3.8, 4) is 28.6 Å². The normalized spacial score (nSPS) is 14.5. The average molecular weight is 764 g/mol. The molecule has 0 aliphatic heterocycles. The highest BCUT2D eigenvalue weighted by Gasteiger charge is 2.30. The van der Waals surface area contributed by atoms with Gasteiger partial charge in [-0.15, -0.1) is 0 Å². The van der Waals surface area contributed by atoms with E-state index in [0.717, 1.165) is 27.8 Å². The zero-order valence-corrected chi connectivity index (χ0v) is 30.4. The van der Waals surface area contributed by atoms with Gasteiger partial charge < -0.3 is 50.6 Å². The number of aromatic nitrogens is 2. The number of hydrogen-bond acceptors (Lipinski definition) is 12. The van der Waals surface area contributed by atoms with Crippen molar-refractivity contribution in [3.63, 3.8) is 0 Å². The molecule has 16 heteroatoms. The molecule has 2 aromatic carbocycles. The fraction of sp³-hybridized carbons (Fsp3) is 0.342. The Kier molecular flexibility index (Phi) is 13.8. The van der Waals surface area contributed by atoms with Crippen LogP contribution < -0.4 is 30.2 Å². The number of halogens is 1. The number of anilines is 1. The van der Waals surface area contributed by atoms with Crippen molar-refractivity contribution < 1.29 is 49.0 Å². The third kappa shape index (κ3) is 10.2. The van der Waals surface area contributed by atoms with E-state index in [1.807, 2.05) is 24.3 Å². The highest BCUT2D eigenvalue weighted by molar-refractivity contribution is 6.31. The molecule has 2 aromatic heterocycles. The summed E-state index contributed by atoms with van der Waals surface area (Å²) in [6, 6.07) is 16.3. The molecule has 0 spiro atoms. The number of nitrogens with zero attached hydrogens (tertiary/aromatic N) is 2. The van der Waals surface area contributed by atoms with E-state index in [0.29, 0.717) is 42.1 Å². The summed E-state index contributed by atoms with van der Waals surface area (Å²) in [4.78, 5) is 43.9. The molecule has 4 aromatic rings. The Bertz CT molecular complexity index is 1960. The van der Waals surface area contributed by atoms with Gasteiger partial charge in [0.2, 0.25) is 11.8 Å². The summed E-state index contributed by atoms with van der Waals surface area (Å²) in [5.41, 5.74) is 5.29. The number of fused-ring (bicyclic) bond motifs is 1. The van der Waals surface area contributed by atoms with Crippen molar-refractivity contribution >= 4 is 35.3 Å². The lowest BCUT2D eigenvalue weighted by Crippen LogP contribution is -2.28. The number of carboxylic acid groups (broad SMARTS) is 2. The average Bonchev–Trinajstić information content (AvgIpc) is 3.55. The molecule has 1 amide bonds. The van der Waals surface area contributed by atoms with Crippen LogP contribution in [0.25, 0.3) is 11.1 Å². The summed E-state index contributed by atoms with van der Waals surface area (Å²) in [6.07, 6.45) is -0.267. The standard InChI is InChI=1S/C38H42ClN5O10/c1-52-35-28(7-4-8-29(35)36(51)43-32-12-9-21(17-42-32)16-40-19-23(45)14-33(47)48)25-5-3-6-27-26(25)10-11-31(27)54-38-30(39)13-22(37(44-38)53-2)18-41-20-24(46)15-34(49)50/h3-9,12-13,17,23-24,31,40-41,45-46H,10-11,14-16,18-20H2,1-2H3,(H,47,48)(H,49,50)(H,42,43,51)/t23-,24-,31-/m0/s1. The Hall–Kier alpha value is -5.32. The number of amides is 1. The predicted molar refractivity (Wildman–Crippen MR) is 198 cm³/mol. The lowest BCUT2D eigenvalue weighted by atomic mass is 9.94. The summed E-state index contributed by atoms with van der Waals surface area (Å²) in [7, 11) is 2.98. The fourth-order valence-corrected chi connectivity index (χ4v) is 6.46. The van der Waals surface area contributed by atoms with Gasteiger partial charge in [0.1, 0.15) is 22.7 Å². The van der Waals surface area contributed by atoms with E-state index in [4.69, 9.17) is 36.0 Å². The quantitative estimate of drug-likeness (QED) is 0.0718. The maximum atomic E-state index is 13.5. The van der Waals surface area contributed by atoms with Crippen LogP contribution in [-0.4, -0.2) is 87.8 Å². The van der Waals surface area contributed by atoms with Crippen molar-refractivity contribution in [2.24, 2.45) is 0 Å². The molecular weight excluding hydrogens is 722 g/mol. The minimum atomic E-state index is -1.09. The molecule has 286 valence electrons. The smallest absolute Gasteiger partial charge is 0.306 e. The first kappa shape index (κ1) is 39.9. The molecule has 0 bridgehead atoms. The first-order chi connectivity index (χ1) is 26.0. The van der Waals surface area contributed by atoms with Crippen LogP contribution in [-0.2, 0) is 29.1 Å². The number of aliphatic carboxylic acids is 2. The Balaban J connectivity index is 1.28. The summed E-state index contributed by atoms with van der Waals surface area (Å²) in [5.74, 6) is -1.41. The van der Waals surface area contributed by atoms with Gasteiger partial charge in [0.05, 0.1) is 44.8 Å². The number of aliphatic hydroxyl groups excluding tert-OH is 2. The summed E-state index contributed by atoms with van der Waals surface area (Å²) in [6.45, 7) is 0.754. The zero-order chi connectivity index (χ0) is 38.8. The number of carbonyl (C=O) groups is 3. The zero-order valence-electron chi connectivity index (χ0n) is 29.7. The molecule has 7 N–H and O–H groups in total. The predicted octanol–water partition coefficient (Wildman–Crippen LogP) is 3.98. The number of rotatable bonds is 19. The van der Waals surface area contributed by atoms with E-state index in [1.54, 1.807) is 36.5 Å². The van der Waals surface area contributed by atoms with Crippen LogP contribution in [0.1, 0.15) is 58.0 Å². The molecule has 0 fully saturated rings. The number of carbonyl (C=O) groups excluding carboxylic acids is 1. The van der Waals surface area contributed by atoms with Crippen molar-refractivity contribution in [3.05, 3.63) is 93.6 Å². The molecule has 54 heavy (non-hydrogen) atoms. The number of benzene rings is 2. The van der Waals surface area contributed by atoms with Crippen LogP contribution in [0.15, 0.2) is 60.8 Å². The molecular formula is C38H42ClN5O10. The fourth-order valence-electron chi connectivity index (χ4n) is 6.24. The van der Waals surface area contributed by atoms with Gasteiger partial charge in [-0.1, -0.05) is 48.0 Å².